The van der Waals surface area contributed by atoms with E-state index in [1.54, 1.807) is 0 Å². The van der Waals surface area contributed by atoms with E-state index in [0.717, 1.165) is 18.3 Å². The molecule has 1 aromatic rings. The molecule has 0 heterocycles. The maximum absolute atomic E-state index is 3.79. The number of hydrogen-bond donors (Lipinski definition) is 1. The maximum Gasteiger partial charge on any atom is 0.0375 e. The van der Waals surface area contributed by atoms with E-state index in [0.29, 0.717) is 6.04 Å². The van der Waals surface area contributed by atoms with Crippen LogP contribution in [-0.2, 0) is 6.42 Å². The molecule has 1 aliphatic carbocycles. The predicted octanol–water partition coefficient (Wildman–Crippen LogP) is 5.64. The molecule has 106 valence electrons. The average molecular weight is 324 g/mol. The molecule has 0 saturated heterocycles. The minimum absolute atomic E-state index is 0.660. The van der Waals surface area contributed by atoms with Crippen molar-refractivity contribution in [3.8, 4) is 0 Å². The van der Waals surface area contributed by atoms with E-state index in [4.69, 9.17) is 0 Å². The Morgan fingerprint density at radius 2 is 2.11 bits per heavy atom. The summed E-state index contributed by atoms with van der Waals surface area (Å²) in [6.07, 6.45) is 6.52. The molecule has 19 heavy (non-hydrogen) atoms. The van der Waals surface area contributed by atoms with Crippen molar-refractivity contribution in [1.29, 1.82) is 0 Å². The molecule has 2 rings (SSSR count). The monoisotopic (exact) mass is 323 g/mol. The lowest BCUT2D eigenvalue weighted by molar-refractivity contribution is 0.264. The Labute approximate surface area is 126 Å². The summed E-state index contributed by atoms with van der Waals surface area (Å²) in [5.74, 6) is 1.71. The molecule has 0 amide bonds. The third-order valence-corrected chi connectivity index (χ3v) is 4.96. The van der Waals surface area contributed by atoms with Crippen molar-refractivity contribution in [3.63, 3.8) is 0 Å². The van der Waals surface area contributed by atoms with Crippen molar-refractivity contribution < 1.29 is 0 Å². The quantitative estimate of drug-likeness (QED) is 0.756. The first-order valence-corrected chi connectivity index (χ1v) is 8.44. The molecule has 0 bridgehead atoms. The van der Waals surface area contributed by atoms with Crippen LogP contribution in [0.3, 0.4) is 0 Å². The highest BCUT2D eigenvalue weighted by Gasteiger charge is 2.24. The zero-order valence-electron chi connectivity index (χ0n) is 12.4. The molecule has 2 atom stereocenters. The third kappa shape index (κ3) is 3.98. The van der Waals surface area contributed by atoms with Crippen LogP contribution in [0.15, 0.2) is 22.7 Å². The fraction of sp³-hybridized carbons (Fsp3) is 0.647. The van der Waals surface area contributed by atoms with E-state index >= 15 is 0 Å². The fourth-order valence-electron chi connectivity index (χ4n) is 3.18. The lowest BCUT2D eigenvalue weighted by Gasteiger charge is -2.33. The first-order chi connectivity index (χ1) is 9.10. The molecule has 0 aliphatic heterocycles. The van der Waals surface area contributed by atoms with Crippen LogP contribution in [0, 0.1) is 11.8 Å². The van der Waals surface area contributed by atoms with Crippen LogP contribution in [0.2, 0.25) is 0 Å². The average Bonchev–Trinajstić information content (AvgIpc) is 2.41. The summed E-state index contributed by atoms with van der Waals surface area (Å²) in [7, 11) is 0. The van der Waals surface area contributed by atoms with Crippen LogP contribution in [0.1, 0.15) is 52.0 Å². The SMILES string of the molecule is CCc1cc(Br)ccc1NC1CCCC(C(C)C)C1. The summed E-state index contributed by atoms with van der Waals surface area (Å²) in [4.78, 5) is 0. The number of aryl methyl sites for hydroxylation is 1. The van der Waals surface area contributed by atoms with Crippen molar-refractivity contribution in [2.45, 2.75) is 58.9 Å². The molecule has 1 fully saturated rings. The standard InChI is InChI=1S/C17H26BrN/c1-4-13-10-15(18)8-9-17(13)19-16-7-5-6-14(11-16)12(2)3/h8-10,12,14,16,19H,4-7,11H2,1-3H3. The van der Waals surface area contributed by atoms with Gasteiger partial charge < -0.3 is 5.32 Å². The van der Waals surface area contributed by atoms with Crippen LogP contribution < -0.4 is 5.32 Å². The summed E-state index contributed by atoms with van der Waals surface area (Å²) >= 11 is 3.56. The van der Waals surface area contributed by atoms with Gasteiger partial charge in [-0.15, -0.1) is 0 Å². The molecule has 1 aliphatic rings. The highest BCUT2D eigenvalue weighted by molar-refractivity contribution is 9.10. The van der Waals surface area contributed by atoms with Gasteiger partial charge in [-0.1, -0.05) is 49.5 Å². The first-order valence-electron chi connectivity index (χ1n) is 7.65. The van der Waals surface area contributed by atoms with Gasteiger partial charge in [0.25, 0.3) is 0 Å². The molecule has 1 aromatic carbocycles. The Hall–Kier alpha value is -0.500. The van der Waals surface area contributed by atoms with Gasteiger partial charge in [0, 0.05) is 16.2 Å². The Bertz CT molecular complexity index is 414. The number of hydrogen-bond acceptors (Lipinski definition) is 1. The van der Waals surface area contributed by atoms with Crippen molar-refractivity contribution in [1.82, 2.24) is 0 Å². The highest BCUT2D eigenvalue weighted by atomic mass is 79.9. The molecular formula is C17H26BrN. The number of halogens is 1. The van der Waals surface area contributed by atoms with Crippen molar-refractivity contribution in [3.05, 3.63) is 28.2 Å². The Morgan fingerprint density at radius 3 is 2.79 bits per heavy atom. The van der Waals surface area contributed by atoms with Crippen molar-refractivity contribution in [2.75, 3.05) is 5.32 Å². The molecule has 1 nitrogen and oxygen atoms in total. The van der Waals surface area contributed by atoms with E-state index in [-0.39, 0.29) is 0 Å². The minimum atomic E-state index is 0.660. The Morgan fingerprint density at radius 1 is 1.32 bits per heavy atom. The molecule has 2 unspecified atom stereocenters. The van der Waals surface area contributed by atoms with Crippen LogP contribution in [0.5, 0.6) is 0 Å². The third-order valence-electron chi connectivity index (χ3n) is 4.47. The van der Waals surface area contributed by atoms with Gasteiger partial charge in [0.1, 0.15) is 0 Å². The lowest BCUT2D eigenvalue weighted by Crippen LogP contribution is -2.29. The van der Waals surface area contributed by atoms with Crippen LogP contribution in [-0.4, -0.2) is 6.04 Å². The van der Waals surface area contributed by atoms with Gasteiger partial charge in [0.05, 0.1) is 0 Å². The zero-order chi connectivity index (χ0) is 13.8. The largest absolute Gasteiger partial charge is 0.382 e. The minimum Gasteiger partial charge on any atom is -0.382 e. The van der Waals surface area contributed by atoms with Crippen LogP contribution >= 0.6 is 15.9 Å². The van der Waals surface area contributed by atoms with E-state index in [2.05, 4.69) is 60.2 Å². The smallest absolute Gasteiger partial charge is 0.0375 e. The van der Waals surface area contributed by atoms with Gasteiger partial charge in [-0.05, 0) is 54.9 Å². The number of benzene rings is 1. The van der Waals surface area contributed by atoms with E-state index < -0.39 is 0 Å². The molecule has 1 N–H and O–H groups in total. The summed E-state index contributed by atoms with van der Waals surface area (Å²) in [5.41, 5.74) is 2.75. The normalized spacial score (nSPS) is 23.6. The summed E-state index contributed by atoms with van der Waals surface area (Å²) in [6.45, 7) is 6.96. The van der Waals surface area contributed by atoms with Crippen LogP contribution in [0.25, 0.3) is 0 Å². The zero-order valence-corrected chi connectivity index (χ0v) is 14.0. The molecule has 0 radical (unpaired) electrons. The van der Waals surface area contributed by atoms with Gasteiger partial charge in [-0.2, -0.15) is 0 Å². The molecule has 1 saturated carbocycles. The fourth-order valence-corrected chi connectivity index (χ4v) is 3.59. The first kappa shape index (κ1) is 14.9. The second-order valence-electron chi connectivity index (χ2n) is 6.17. The van der Waals surface area contributed by atoms with Gasteiger partial charge in [-0.3, -0.25) is 0 Å². The summed E-state index contributed by atoms with van der Waals surface area (Å²) in [5, 5.41) is 3.79. The van der Waals surface area contributed by atoms with Gasteiger partial charge in [-0.25, -0.2) is 0 Å². The summed E-state index contributed by atoms with van der Waals surface area (Å²) in [6, 6.07) is 7.27. The van der Waals surface area contributed by atoms with Gasteiger partial charge in [0.15, 0.2) is 0 Å². The second-order valence-corrected chi connectivity index (χ2v) is 7.08. The topological polar surface area (TPSA) is 12.0 Å². The predicted molar refractivity (Wildman–Crippen MR) is 87.7 cm³/mol. The van der Waals surface area contributed by atoms with Crippen LogP contribution in [0.4, 0.5) is 5.69 Å². The van der Waals surface area contributed by atoms with E-state index in [1.165, 1.54) is 41.4 Å². The second kappa shape index (κ2) is 6.78. The van der Waals surface area contributed by atoms with Gasteiger partial charge >= 0.3 is 0 Å². The van der Waals surface area contributed by atoms with Gasteiger partial charge in [0.2, 0.25) is 0 Å². The molecule has 0 spiro atoms. The molecule has 2 heteroatoms. The Kier molecular flexibility index (Phi) is 5.32. The number of anilines is 1. The Balaban J connectivity index is 2.04. The maximum atomic E-state index is 3.79. The van der Waals surface area contributed by atoms with Crippen molar-refractivity contribution in [2.24, 2.45) is 11.8 Å². The van der Waals surface area contributed by atoms with Crippen molar-refractivity contribution >= 4 is 21.6 Å². The number of nitrogens with one attached hydrogen (secondary N) is 1. The molecule has 0 aromatic heterocycles. The summed E-state index contributed by atoms with van der Waals surface area (Å²) < 4.78 is 1.18. The van der Waals surface area contributed by atoms with E-state index in [1.807, 2.05) is 0 Å². The molecular weight excluding hydrogens is 298 g/mol. The highest BCUT2D eigenvalue weighted by Crippen LogP contribution is 2.32. The lowest BCUT2D eigenvalue weighted by atomic mass is 9.79. The number of rotatable bonds is 4. The van der Waals surface area contributed by atoms with E-state index in [9.17, 15) is 0 Å².